The fourth-order valence-corrected chi connectivity index (χ4v) is 1.55. The Bertz CT molecular complexity index is 191. The summed E-state index contributed by atoms with van der Waals surface area (Å²) in [4.78, 5) is 13.6. The van der Waals surface area contributed by atoms with Gasteiger partial charge in [-0.1, -0.05) is 0 Å². The first kappa shape index (κ1) is 12.4. The fraction of sp³-hybridized carbons (Fsp3) is 0.900. The van der Waals surface area contributed by atoms with Gasteiger partial charge in [0.25, 0.3) is 0 Å². The van der Waals surface area contributed by atoms with Gasteiger partial charge in [0.1, 0.15) is 0 Å². The van der Waals surface area contributed by atoms with Crippen molar-refractivity contribution in [1.82, 2.24) is 15.5 Å². The number of nitrogens with zero attached hydrogens (tertiary/aromatic N) is 1. The van der Waals surface area contributed by atoms with E-state index in [1.54, 1.807) is 6.92 Å². The van der Waals surface area contributed by atoms with Crippen molar-refractivity contribution in [3.8, 4) is 0 Å². The highest BCUT2D eigenvalue weighted by atomic mass is 16.3. The Balaban J connectivity index is 2.06. The molecule has 88 valence electrons. The number of aliphatic hydroxyl groups excluding tert-OH is 1. The van der Waals surface area contributed by atoms with Gasteiger partial charge in [-0.3, -0.25) is 9.69 Å². The lowest BCUT2D eigenvalue weighted by Gasteiger charge is -2.26. The summed E-state index contributed by atoms with van der Waals surface area (Å²) in [6.45, 7) is 6.54. The van der Waals surface area contributed by atoms with E-state index in [0.29, 0.717) is 19.5 Å². The van der Waals surface area contributed by atoms with E-state index < -0.39 is 0 Å². The predicted molar refractivity (Wildman–Crippen MR) is 58.6 cm³/mol. The molecule has 0 aromatic carbocycles. The van der Waals surface area contributed by atoms with Crippen LogP contribution in [0.3, 0.4) is 0 Å². The van der Waals surface area contributed by atoms with Crippen LogP contribution in [-0.4, -0.2) is 61.3 Å². The highest BCUT2D eigenvalue weighted by molar-refractivity contribution is 5.77. The lowest BCUT2D eigenvalue weighted by molar-refractivity contribution is -0.122. The van der Waals surface area contributed by atoms with Crippen LogP contribution >= 0.6 is 0 Å². The maximum atomic E-state index is 11.4. The van der Waals surface area contributed by atoms with Crippen molar-refractivity contribution in [3.63, 3.8) is 0 Å². The van der Waals surface area contributed by atoms with Gasteiger partial charge in [-0.15, -0.1) is 0 Å². The van der Waals surface area contributed by atoms with Crippen LogP contribution in [0.5, 0.6) is 0 Å². The van der Waals surface area contributed by atoms with E-state index in [9.17, 15) is 4.79 Å². The topological polar surface area (TPSA) is 64.6 Å². The molecule has 5 heteroatoms. The Morgan fingerprint density at radius 3 is 2.80 bits per heavy atom. The van der Waals surface area contributed by atoms with E-state index in [0.717, 1.165) is 26.2 Å². The van der Waals surface area contributed by atoms with Crippen LogP contribution in [0.15, 0.2) is 0 Å². The number of piperazine rings is 1. The lowest BCUT2D eigenvalue weighted by atomic mass is 10.3. The Morgan fingerprint density at radius 1 is 1.53 bits per heavy atom. The average molecular weight is 215 g/mol. The number of carbonyl (C=O) groups is 1. The summed E-state index contributed by atoms with van der Waals surface area (Å²) >= 11 is 0. The minimum Gasteiger partial charge on any atom is -0.393 e. The number of nitrogens with one attached hydrogen (secondary N) is 2. The van der Waals surface area contributed by atoms with Gasteiger partial charge in [0, 0.05) is 32.7 Å². The Kier molecular flexibility index (Phi) is 5.60. The molecule has 0 bridgehead atoms. The van der Waals surface area contributed by atoms with Crippen molar-refractivity contribution in [1.29, 1.82) is 0 Å². The molecule has 3 N–H and O–H groups in total. The number of amides is 1. The minimum atomic E-state index is -0.343. The first-order valence-corrected chi connectivity index (χ1v) is 5.56. The molecule has 0 aromatic heterocycles. The zero-order valence-corrected chi connectivity index (χ0v) is 9.33. The van der Waals surface area contributed by atoms with Crippen molar-refractivity contribution in [2.24, 2.45) is 0 Å². The third-order valence-corrected chi connectivity index (χ3v) is 2.46. The van der Waals surface area contributed by atoms with Crippen LogP contribution in [-0.2, 0) is 4.79 Å². The summed E-state index contributed by atoms with van der Waals surface area (Å²) in [5, 5.41) is 15.1. The van der Waals surface area contributed by atoms with Gasteiger partial charge in [0.2, 0.25) is 5.91 Å². The molecule has 1 saturated heterocycles. The monoisotopic (exact) mass is 215 g/mol. The predicted octanol–water partition coefficient (Wildman–Crippen LogP) is -1.22. The molecule has 0 aromatic rings. The second-order valence-electron chi connectivity index (χ2n) is 4.01. The summed E-state index contributed by atoms with van der Waals surface area (Å²) in [7, 11) is 0. The first-order valence-electron chi connectivity index (χ1n) is 5.56. The quantitative estimate of drug-likeness (QED) is 0.538. The van der Waals surface area contributed by atoms with E-state index in [-0.39, 0.29) is 12.0 Å². The van der Waals surface area contributed by atoms with Crippen LogP contribution in [0.2, 0.25) is 0 Å². The average Bonchev–Trinajstić information content (AvgIpc) is 2.18. The maximum Gasteiger partial charge on any atom is 0.234 e. The van der Waals surface area contributed by atoms with E-state index >= 15 is 0 Å². The minimum absolute atomic E-state index is 0.0533. The van der Waals surface area contributed by atoms with E-state index in [1.165, 1.54) is 0 Å². The van der Waals surface area contributed by atoms with Gasteiger partial charge in [-0.05, 0) is 13.3 Å². The molecule has 0 radical (unpaired) electrons. The molecule has 15 heavy (non-hydrogen) atoms. The summed E-state index contributed by atoms with van der Waals surface area (Å²) in [6.07, 6.45) is 0.275. The molecular formula is C10H21N3O2. The number of rotatable bonds is 5. The maximum absolute atomic E-state index is 11.4. The largest absolute Gasteiger partial charge is 0.393 e. The van der Waals surface area contributed by atoms with Gasteiger partial charge in [0.05, 0.1) is 12.6 Å². The van der Waals surface area contributed by atoms with Crippen LogP contribution < -0.4 is 10.6 Å². The normalized spacial score (nSPS) is 19.9. The molecule has 1 fully saturated rings. The van der Waals surface area contributed by atoms with E-state index in [1.807, 2.05) is 0 Å². The number of carbonyl (C=O) groups excluding carboxylic acids is 1. The lowest BCUT2D eigenvalue weighted by Crippen LogP contribution is -2.47. The summed E-state index contributed by atoms with van der Waals surface area (Å²) in [5.41, 5.74) is 0. The fourth-order valence-electron chi connectivity index (χ4n) is 1.55. The SMILES string of the molecule is CC(O)CCNC(=O)CN1CCNCC1. The molecule has 5 nitrogen and oxygen atoms in total. The Labute approximate surface area is 90.8 Å². The molecule has 0 saturated carbocycles. The number of hydrogen-bond donors (Lipinski definition) is 3. The molecule has 1 rings (SSSR count). The van der Waals surface area contributed by atoms with Gasteiger partial charge >= 0.3 is 0 Å². The van der Waals surface area contributed by atoms with Crippen molar-refractivity contribution in [2.75, 3.05) is 39.3 Å². The summed E-state index contributed by atoms with van der Waals surface area (Å²) < 4.78 is 0. The van der Waals surface area contributed by atoms with Gasteiger partial charge in [-0.25, -0.2) is 0 Å². The van der Waals surface area contributed by atoms with Crippen molar-refractivity contribution in [3.05, 3.63) is 0 Å². The molecule has 1 aliphatic rings. The summed E-state index contributed by atoms with van der Waals surface area (Å²) in [6, 6.07) is 0. The highest BCUT2D eigenvalue weighted by Gasteiger charge is 2.12. The molecule has 1 heterocycles. The summed E-state index contributed by atoms with van der Waals surface area (Å²) in [5.74, 6) is 0.0533. The van der Waals surface area contributed by atoms with Crippen LogP contribution in [0.25, 0.3) is 0 Å². The molecular weight excluding hydrogens is 194 g/mol. The molecule has 1 aliphatic heterocycles. The number of aliphatic hydroxyl groups is 1. The van der Waals surface area contributed by atoms with Gasteiger partial charge in [0.15, 0.2) is 0 Å². The Morgan fingerprint density at radius 2 is 2.20 bits per heavy atom. The molecule has 0 aliphatic carbocycles. The Hall–Kier alpha value is -0.650. The van der Waals surface area contributed by atoms with Gasteiger partial charge < -0.3 is 15.7 Å². The zero-order valence-electron chi connectivity index (χ0n) is 9.33. The van der Waals surface area contributed by atoms with Crippen molar-refractivity contribution >= 4 is 5.91 Å². The van der Waals surface area contributed by atoms with Crippen LogP contribution in [0.4, 0.5) is 0 Å². The second kappa shape index (κ2) is 6.76. The highest BCUT2D eigenvalue weighted by Crippen LogP contribution is 1.91. The smallest absolute Gasteiger partial charge is 0.234 e. The van der Waals surface area contributed by atoms with Gasteiger partial charge in [-0.2, -0.15) is 0 Å². The molecule has 1 unspecified atom stereocenters. The molecule has 0 spiro atoms. The van der Waals surface area contributed by atoms with Crippen LogP contribution in [0, 0.1) is 0 Å². The first-order chi connectivity index (χ1) is 7.18. The van der Waals surface area contributed by atoms with E-state index in [2.05, 4.69) is 15.5 Å². The van der Waals surface area contributed by atoms with Crippen LogP contribution in [0.1, 0.15) is 13.3 Å². The van der Waals surface area contributed by atoms with Crippen molar-refractivity contribution < 1.29 is 9.90 Å². The zero-order chi connectivity index (χ0) is 11.1. The second-order valence-corrected chi connectivity index (χ2v) is 4.01. The molecule has 1 amide bonds. The third-order valence-electron chi connectivity index (χ3n) is 2.46. The van der Waals surface area contributed by atoms with E-state index in [4.69, 9.17) is 5.11 Å². The third kappa shape index (κ3) is 5.71. The van der Waals surface area contributed by atoms with Crippen molar-refractivity contribution in [2.45, 2.75) is 19.4 Å². The molecule has 1 atom stereocenters. The number of hydrogen-bond acceptors (Lipinski definition) is 4. The standard InChI is InChI=1S/C10H21N3O2/c1-9(14)2-3-12-10(15)8-13-6-4-11-5-7-13/h9,11,14H,2-8H2,1H3,(H,12,15).